The maximum Gasteiger partial charge on any atom is 0.0421 e. The van der Waals surface area contributed by atoms with E-state index in [4.69, 9.17) is 5.73 Å². The highest BCUT2D eigenvalue weighted by molar-refractivity contribution is 5.18. The first kappa shape index (κ1) is 10.2. The van der Waals surface area contributed by atoms with Crippen molar-refractivity contribution in [2.45, 2.75) is 19.4 Å². The average molecular weight is 178 g/mol. The monoisotopic (exact) mass is 178 g/mol. The first-order valence-electron chi connectivity index (χ1n) is 4.86. The minimum atomic E-state index is 0.118. The molecule has 1 rings (SSSR count). The maximum absolute atomic E-state index is 5.97. The third kappa shape index (κ3) is 3.57. The molecular formula is C11H18N2. The molecule has 1 aromatic carbocycles. The lowest BCUT2D eigenvalue weighted by atomic mass is 10.1. The molecule has 13 heavy (non-hydrogen) atoms. The smallest absolute Gasteiger partial charge is 0.0421 e. The zero-order valence-electron chi connectivity index (χ0n) is 8.16. The van der Waals surface area contributed by atoms with Gasteiger partial charge in [-0.15, -0.1) is 0 Å². The summed E-state index contributed by atoms with van der Waals surface area (Å²) in [6.07, 6.45) is 1.15. The quantitative estimate of drug-likeness (QED) is 0.673. The second-order valence-corrected chi connectivity index (χ2v) is 3.22. The van der Waals surface area contributed by atoms with Crippen LogP contribution in [-0.4, -0.2) is 13.1 Å². The van der Waals surface area contributed by atoms with E-state index >= 15 is 0 Å². The number of nitrogens with two attached hydrogens (primary N) is 1. The lowest BCUT2D eigenvalue weighted by molar-refractivity contribution is 0.594. The zero-order valence-corrected chi connectivity index (χ0v) is 8.16. The Kier molecular flexibility index (Phi) is 4.50. The predicted octanol–water partition coefficient (Wildman–Crippen LogP) is 1.69. The molecule has 2 nitrogen and oxygen atoms in total. The van der Waals surface area contributed by atoms with E-state index < -0.39 is 0 Å². The molecule has 2 heteroatoms. The van der Waals surface area contributed by atoms with Crippen LogP contribution >= 0.6 is 0 Å². The van der Waals surface area contributed by atoms with E-state index in [0.717, 1.165) is 19.5 Å². The van der Waals surface area contributed by atoms with Crippen LogP contribution in [0, 0.1) is 0 Å². The molecule has 0 fully saturated rings. The molecule has 0 saturated carbocycles. The Labute approximate surface area is 80.1 Å². The van der Waals surface area contributed by atoms with Crippen LogP contribution in [0.4, 0.5) is 0 Å². The van der Waals surface area contributed by atoms with E-state index in [1.165, 1.54) is 5.56 Å². The molecule has 0 aliphatic rings. The molecule has 0 aliphatic carbocycles. The van der Waals surface area contributed by atoms with Crippen LogP contribution in [0.25, 0.3) is 0 Å². The van der Waals surface area contributed by atoms with Gasteiger partial charge in [0.2, 0.25) is 0 Å². The molecule has 0 amide bonds. The van der Waals surface area contributed by atoms with Crippen LogP contribution in [0.1, 0.15) is 24.9 Å². The van der Waals surface area contributed by atoms with Crippen LogP contribution in [0.3, 0.4) is 0 Å². The largest absolute Gasteiger partial charge is 0.323 e. The Morgan fingerprint density at radius 3 is 2.62 bits per heavy atom. The molecule has 0 bridgehead atoms. The summed E-state index contributed by atoms with van der Waals surface area (Å²) in [6, 6.07) is 10.3. The topological polar surface area (TPSA) is 38.0 Å². The van der Waals surface area contributed by atoms with Crippen molar-refractivity contribution < 1.29 is 0 Å². The average Bonchev–Trinajstić information content (AvgIpc) is 2.19. The van der Waals surface area contributed by atoms with Crippen LogP contribution in [-0.2, 0) is 0 Å². The Bertz CT molecular complexity index is 221. The van der Waals surface area contributed by atoms with Crippen molar-refractivity contribution in [3.63, 3.8) is 0 Å². The first-order chi connectivity index (χ1) is 6.34. The lowest BCUT2D eigenvalue weighted by Gasteiger charge is -2.12. The molecule has 0 spiro atoms. The summed E-state index contributed by atoms with van der Waals surface area (Å²) in [6.45, 7) is 4.05. The first-order valence-corrected chi connectivity index (χ1v) is 4.86. The van der Waals surface area contributed by atoms with Gasteiger partial charge < -0.3 is 11.1 Å². The molecule has 0 saturated heterocycles. The fourth-order valence-electron chi connectivity index (χ4n) is 1.25. The van der Waals surface area contributed by atoms with Gasteiger partial charge in [-0.3, -0.25) is 0 Å². The highest BCUT2D eigenvalue weighted by Crippen LogP contribution is 2.07. The van der Waals surface area contributed by atoms with Crippen LogP contribution in [0.2, 0.25) is 0 Å². The van der Waals surface area contributed by atoms with Crippen molar-refractivity contribution in [2.75, 3.05) is 13.1 Å². The second-order valence-electron chi connectivity index (χ2n) is 3.22. The van der Waals surface area contributed by atoms with Crippen LogP contribution in [0.5, 0.6) is 0 Å². The van der Waals surface area contributed by atoms with Crippen molar-refractivity contribution >= 4 is 0 Å². The Balaban J connectivity index is 2.35. The zero-order chi connectivity index (χ0) is 9.52. The van der Waals surface area contributed by atoms with Gasteiger partial charge in [0.15, 0.2) is 0 Å². The highest BCUT2D eigenvalue weighted by Gasteiger charge is 2.02. The highest BCUT2D eigenvalue weighted by atomic mass is 14.9. The van der Waals surface area contributed by atoms with Gasteiger partial charge in [0.25, 0.3) is 0 Å². The van der Waals surface area contributed by atoms with Crippen LogP contribution in [0.15, 0.2) is 30.3 Å². The van der Waals surface area contributed by atoms with Gasteiger partial charge in [-0.1, -0.05) is 37.3 Å². The third-order valence-corrected chi connectivity index (χ3v) is 2.02. The molecule has 0 heterocycles. The van der Waals surface area contributed by atoms with Gasteiger partial charge in [-0.25, -0.2) is 0 Å². The molecule has 72 valence electrons. The van der Waals surface area contributed by atoms with Crippen molar-refractivity contribution in [2.24, 2.45) is 5.73 Å². The predicted molar refractivity (Wildman–Crippen MR) is 56.5 cm³/mol. The van der Waals surface area contributed by atoms with E-state index in [2.05, 4.69) is 24.4 Å². The molecule has 0 aromatic heterocycles. The summed E-state index contributed by atoms with van der Waals surface area (Å²) in [5.41, 5.74) is 7.17. The van der Waals surface area contributed by atoms with Crippen molar-refractivity contribution in [3.8, 4) is 0 Å². The third-order valence-electron chi connectivity index (χ3n) is 2.02. The van der Waals surface area contributed by atoms with Crippen molar-refractivity contribution in [1.82, 2.24) is 5.32 Å². The molecular weight excluding hydrogens is 160 g/mol. The number of hydrogen-bond donors (Lipinski definition) is 2. The summed E-state index contributed by atoms with van der Waals surface area (Å²) in [4.78, 5) is 0. The maximum atomic E-state index is 5.97. The van der Waals surface area contributed by atoms with Gasteiger partial charge in [-0.2, -0.15) is 0 Å². The lowest BCUT2D eigenvalue weighted by Crippen LogP contribution is -2.27. The summed E-state index contributed by atoms with van der Waals surface area (Å²) in [5, 5.41) is 3.31. The molecule has 1 unspecified atom stereocenters. The molecule has 0 radical (unpaired) electrons. The van der Waals surface area contributed by atoms with Gasteiger partial charge in [-0.05, 0) is 18.5 Å². The van der Waals surface area contributed by atoms with E-state index in [9.17, 15) is 0 Å². The van der Waals surface area contributed by atoms with Gasteiger partial charge in [0, 0.05) is 12.6 Å². The second kappa shape index (κ2) is 5.73. The van der Waals surface area contributed by atoms with Gasteiger partial charge in [0.1, 0.15) is 0 Å². The van der Waals surface area contributed by atoms with Gasteiger partial charge in [0.05, 0.1) is 0 Å². The van der Waals surface area contributed by atoms with E-state index in [1.54, 1.807) is 0 Å². The van der Waals surface area contributed by atoms with Gasteiger partial charge >= 0.3 is 0 Å². The van der Waals surface area contributed by atoms with Crippen molar-refractivity contribution in [1.29, 1.82) is 0 Å². The number of rotatable bonds is 5. The van der Waals surface area contributed by atoms with Crippen LogP contribution < -0.4 is 11.1 Å². The Morgan fingerprint density at radius 1 is 1.31 bits per heavy atom. The normalized spacial score (nSPS) is 12.8. The molecule has 1 aromatic rings. The SMILES string of the molecule is CCCNCC(N)c1ccccc1. The minimum Gasteiger partial charge on any atom is -0.323 e. The number of nitrogens with one attached hydrogen (secondary N) is 1. The van der Waals surface area contributed by atoms with Crippen molar-refractivity contribution in [3.05, 3.63) is 35.9 Å². The summed E-state index contributed by atoms with van der Waals surface area (Å²) < 4.78 is 0. The Morgan fingerprint density at radius 2 is 2.00 bits per heavy atom. The summed E-state index contributed by atoms with van der Waals surface area (Å²) in [7, 11) is 0. The molecule has 3 N–H and O–H groups in total. The minimum absolute atomic E-state index is 0.118. The molecule has 0 aliphatic heterocycles. The van der Waals surface area contributed by atoms with E-state index in [0.29, 0.717) is 0 Å². The van der Waals surface area contributed by atoms with E-state index in [1.807, 2.05) is 18.2 Å². The number of hydrogen-bond acceptors (Lipinski definition) is 2. The summed E-state index contributed by atoms with van der Waals surface area (Å²) in [5.74, 6) is 0. The Hall–Kier alpha value is -0.860. The summed E-state index contributed by atoms with van der Waals surface area (Å²) >= 11 is 0. The van der Waals surface area contributed by atoms with E-state index in [-0.39, 0.29) is 6.04 Å². The fraction of sp³-hybridized carbons (Fsp3) is 0.455. The number of benzene rings is 1. The standard InChI is InChI=1S/C11H18N2/c1-2-8-13-9-11(12)10-6-4-3-5-7-10/h3-7,11,13H,2,8-9,12H2,1H3. The fourth-order valence-corrected chi connectivity index (χ4v) is 1.25. The molecule has 1 atom stereocenters.